The van der Waals surface area contributed by atoms with Gasteiger partial charge in [0.25, 0.3) is 0 Å². The number of hydroxylamine groups is 2. The first-order valence-corrected chi connectivity index (χ1v) is 3.17. The number of rotatable bonds is 0. The van der Waals surface area contributed by atoms with Crippen molar-refractivity contribution in [2.24, 2.45) is 4.99 Å². The molecule has 1 atom stereocenters. The molecule has 1 unspecified atom stereocenters. The van der Waals surface area contributed by atoms with E-state index in [2.05, 4.69) is 4.99 Å². The molecule has 0 spiro atoms. The molecule has 0 bridgehead atoms. The number of fused-ring (bicyclic) bond motifs is 1. The highest BCUT2D eigenvalue weighted by atomic mass is 16.8. The van der Waals surface area contributed by atoms with Crippen LogP contribution in [0.4, 0.5) is 11.4 Å². The summed E-state index contributed by atoms with van der Waals surface area (Å²) >= 11 is 0. The summed E-state index contributed by atoms with van der Waals surface area (Å²) in [6.45, 7) is 0. The van der Waals surface area contributed by atoms with E-state index in [4.69, 9.17) is 5.21 Å². The molecule has 0 radical (unpaired) electrons. The fourth-order valence-electron chi connectivity index (χ4n) is 1.05. The molecule has 1 N–H and O–H groups in total. The van der Waals surface area contributed by atoms with E-state index in [1.165, 1.54) is 0 Å². The molecule has 11 heavy (non-hydrogen) atoms. The van der Waals surface area contributed by atoms with Crippen LogP contribution in [-0.4, -0.2) is 11.5 Å². The van der Waals surface area contributed by atoms with Gasteiger partial charge in [0.05, 0.1) is 0 Å². The van der Waals surface area contributed by atoms with Crippen LogP contribution < -0.4 is 4.81 Å². The minimum atomic E-state index is -1.49. The fraction of sp³-hybridized carbons (Fsp3) is 0. The molecule has 4 heteroatoms. The normalized spacial score (nSPS) is 27.1. The molecule has 1 aromatic carbocycles. The summed E-state index contributed by atoms with van der Waals surface area (Å²) in [6.07, 6.45) is 0.949. The summed E-state index contributed by atoms with van der Waals surface area (Å²) in [7, 11) is 0. The second-order valence-corrected chi connectivity index (χ2v) is 2.36. The van der Waals surface area contributed by atoms with Gasteiger partial charge in [0, 0.05) is 6.07 Å². The molecule has 0 saturated carbocycles. The predicted molar refractivity (Wildman–Crippen MR) is 41.5 cm³/mol. The Kier molecular flexibility index (Phi) is 1.11. The lowest BCUT2D eigenvalue weighted by molar-refractivity contribution is 0.0539. The zero-order chi connectivity index (χ0) is 7.90. The van der Waals surface area contributed by atoms with Crippen molar-refractivity contribution < 1.29 is 5.21 Å². The smallest absolute Gasteiger partial charge is 0.229 e. The topological polar surface area (TPSA) is 55.6 Å². The molecule has 1 aliphatic rings. The summed E-state index contributed by atoms with van der Waals surface area (Å²) in [4.78, 5) is 2.25. The summed E-state index contributed by atoms with van der Waals surface area (Å²) in [5, 5.41) is 20.1. The van der Waals surface area contributed by atoms with Gasteiger partial charge in [-0.15, -0.1) is 4.81 Å². The van der Waals surface area contributed by atoms with Gasteiger partial charge in [0.15, 0.2) is 5.69 Å². The molecule has 1 aromatic rings. The molecular formula is C7H6N2O2. The van der Waals surface area contributed by atoms with Crippen molar-refractivity contribution in [3.63, 3.8) is 0 Å². The third kappa shape index (κ3) is 0.848. The fourth-order valence-corrected chi connectivity index (χ4v) is 1.05. The van der Waals surface area contributed by atoms with Gasteiger partial charge in [0.1, 0.15) is 5.69 Å². The number of hydrogen-bond donors (Lipinski definition) is 1. The summed E-state index contributed by atoms with van der Waals surface area (Å²) in [5.74, 6) is 0. The maximum absolute atomic E-state index is 11.1. The average Bonchev–Trinajstić information content (AvgIpc) is 2.29. The van der Waals surface area contributed by atoms with Crippen LogP contribution in [0.25, 0.3) is 0 Å². The van der Waals surface area contributed by atoms with E-state index < -0.39 is 4.81 Å². The van der Waals surface area contributed by atoms with E-state index in [-0.39, 0.29) is 5.69 Å². The maximum atomic E-state index is 11.1. The summed E-state index contributed by atoms with van der Waals surface area (Å²) in [6, 6.07) is 6.69. The van der Waals surface area contributed by atoms with E-state index >= 15 is 0 Å². The van der Waals surface area contributed by atoms with Gasteiger partial charge < -0.3 is 5.21 Å². The molecule has 2 rings (SSSR count). The standard InChI is InChI=1S/C7H6N2O2/c10-9(11)5-8-6-3-1-2-4-7(6)9/h1-5,10H. The Balaban J connectivity index is 2.64. The van der Waals surface area contributed by atoms with Gasteiger partial charge in [0.2, 0.25) is 6.34 Å². The number of nitrogens with zero attached hydrogens (tertiary/aromatic N) is 2. The van der Waals surface area contributed by atoms with Crippen molar-refractivity contribution in [1.29, 1.82) is 0 Å². The highest BCUT2D eigenvalue weighted by molar-refractivity contribution is 5.87. The maximum Gasteiger partial charge on any atom is 0.229 e. The molecule has 1 heterocycles. The summed E-state index contributed by atoms with van der Waals surface area (Å²) in [5.41, 5.74) is 0.803. The minimum Gasteiger partial charge on any atom is -0.587 e. The molecule has 0 aliphatic carbocycles. The number of aliphatic imine (C=N–C) groups is 1. The van der Waals surface area contributed by atoms with Crippen LogP contribution in [0.3, 0.4) is 0 Å². The van der Waals surface area contributed by atoms with Crippen LogP contribution in [0.15, 0.2) is 29.3 Å². The Labute approximate surface area is 63.2 Å². The molecule has 56 valence electrons. The number of quaternary nitrogens is 1. The highest BCUT2D eigenvalue weighted by Crippen LogP contribution is 2.34. The third-order valence-electron chi connectivity index (χ3n) is 1.58. The quantitative estimate of drug-likeness (QED) is 0.450. The lowest BCUT2D eigenvalue weighted by Crippen LogP contribution is -2.34. The number of hydrogen-bond acceptors (Lipinski definition) is 3. The average molecular weight is 150 g/mol. The van der Waals surface area contributed by atoms with Gasteiger partial charge in [-0.05, 0) is 6.07 Å². The van der Waals surface area contributed by atoms with E-state index in [0.29, 0.717) is 5.69 Å². The van der Waals surface area contributed by atoms with Crippen molar-refractivity contribution in [1.82, 2.24) is 4.81 Å². The van der Waals surface area contributed by atoms with Gasteiger partial charge in [-0.3, -0.25) is 0 Å². The largest absolute Gasteiger partial charge is 0.587 e. The van der Waals surface area contributed by atoms with Crippen LogP contribution >= 0.6 is 0 Å². The lowest BCUT2D eigenvalue weighted by atomic mass is 10.3. The monoisotopic (exact) mass is 150 g/mol. The predicted octanol–water partition coefficient (Wildman–Crippen LogP) is 1.55. The molecule has 0 saturated heterocycles. The van der Waals surface area contributed by atoms with E-state index in [0.717, 1.165) is 6.34 Å². The van der Waals surface area contributed by atoms with Crippen molar-refractivity contribution in [3.05, 3.63) is 29.5 Å². The van der Waals surface area contributed by atoms with Crippen molar-refractivity contribution >= 4 is 17.7 Å². The van der Waals surface area contributed by atoms with Gasteiger partial charge in [-0.1, -0.05) is 12.1 Å². The van der Waals surface area contributed by atoms with E-state index in [1.807, 2.05) is 0 Å². The Bertz CT molecular complexity index is 320. The van der Waals surface area contributed by atoms with Crippen LogP contribution in [0, 0.1) is 5.21 Å². The zero-order valence-corrected chi connectivity index (χ0v) is 5.64. The first kappa shape index (κ1) is 6.48. The zero-order valence-electron chi connectivity index (χ0n) is 5.64. The molecular weight excluding hydrogens is 144 g/mol. The van der Waals surface area contributed by atoms with Crippen LogP contribution in [0.2, 0.25) is 0 Å². The molecule has 0 amide bonds. The SMILES string of the molecule is [O-][N+]1(O)C=Nc2ccccc21. The van der Waals surface area contributed by atoms with Crippen LogP contribution in [0.5, 0.6) is 0 Å². The first-order chi connectivity index (χ1) is 5.20. The van der Waals surface area contributed by atoms with E-state index in [1.54, 1.807) is 24.3 Å². The Morgan fingerprint density at radius 3 is 2.82 bits per heavy atom. The van der Waals surface area contributed by atoms with Gasteiger partial charge >= 0.3 is 0 Å². The Hall–Kier alpha value is -1.23. The van der Waals surface area contributed by atoms with Gasteiger partial charge in [-0.2, -0.15) is 4.99 Å². The second-order valence-electron chi connectivity index (χ2n) is 2.36. The van der Waals surface area contributed by atoms with Crippen LogP contribution in [0.1, 0.15) is 0 Å². The molecule has 1 aliphatic heterocycles. The molecule has 4 nitrogen and oxygen atoms in total. The van der Waals surface area contributed by atoms with Crippen molar-refractivity contribution in [2.45, 2.75) is 0 Å². The van der Waals surface area contributed by atoms with Crippen molar-refractivity contribution in [2.75, 3.05) is 0 Å². The Morgan fingerprint density at radius 1 is 1.36 bits per heavy atom. The minimum absolute atomic E-state index is 0.271. The highest BCUT2D eigenvalue weighted by Gasteiger charge is 2.25. The van der Waals surface area contributed by atoms with E-state index in [9.17, 15) is 5.21 Å². The third-order valence-corrected chi connectivity index (χ3v) is 1.58. The lowest BCUT2D eigenvalue weighted by Gasteiger charge is -2.23. The van der Waals surface area contributed by atoms with Crippen molar-refractivity contribution in [3.8, 4) is 0 Å². The molecule has 0 aromatic heterocycles. The van der Waals surface area contributed by atoms with Crippen LogP contribution in [-0.2, 0) is 0 Å². The number of benzene rings is 1. The Morgan fingerprint density at radius 2 is 2.09 bits per heavy atom. The summed E-state index contributed by atoms with van der Waals surface area (Å²) < 4.78 is 0. The second kappa shape index (κ2) is 1.88. The molecule has 0 fully saturated rings. The number of para-hydroxylation sites is 2. The first-order valence-electron chi connectivity index (χ1n) is 3.17. The van der Waals surface area contributed by atoms with Gasteiger partial charge in [-0.25, -0.2) is 5.21 Å².